The summed E-state index contributed by atoms with van der Waals surface area (Å²) in [7, 11) is 1.30. The molecular formula is C16H16FNO3S. The minimum atomic E-state index is -0.490. The molecule has 2 aromatic rings. The molecule has 0 aliphatic heterocycles. The summed E-state index contributed by atoms with van der Waals surface area (Å²) in [5.74, 6) is -1.44. The van der Waals surface area contributed by atoms with Crippen molar-refractivity contribution in [3.8, 4) is 0 Å². The third kappa shape index (κ3) is 3.17. The Morgan fingerprint density at radius 3 is 2.68 bits per heavy atom. The van der Waals surface area contributed by atoms with E-state index in [1.807, 2.05) is 13.8 Å². The van der Waals surface area contributed by atoms with E-state index < -0.39 is 17.7 Å². The molecule has 1 aromatic carbocycles. The molecule has 6 heteroatoms. The molecule has 0 radical (unpaired) electrons. The van der Waals surface area contributed by atoms with Crippen molar-refractivity contribution in [1.29, 1.82) is 0 Å². The van der Waals surface area contributed by atoms with E-state index in [2.05, 4.69) is 5.32 Å². The van der Waals surface area contributed by atoms with Gasteiger partial charge in [0.1, 0.15) is 10.8 Å². The molecule has 22 heavy (non-hydrogen) atoms. The minimum Gasteiger partial charge on any atom is -0.465 e. The van der Waals surface area contributed by atoms with Crippen LogP contribution in [-0.2, 0) is 11.2 Å². The van der Waals surface area contributed by atoms with Gasteiger partial charge in [-0.1, -0.05) is 13.0 Å². The molecule has 0 bridgehead atoms. The van der Waals surface area contributed by atoms with Crippen LogP contribution in [0.2, 0.25) is 0 Å². The first kappa shape index (κ1) is 16.2. The number of ether oxygens (including phenoxy) is 1. The molecule has 1 heterocycles. The highest BCUT2D eigenvalue weighted by Crippen LogP contribution is 2.34. The Bertz CT molecular complexity index is 724. The lowest BCUT2D eigenvalue weighted by Crippen LogP contribution is -2.14. The zero-order valence-corrected chi connectivity index (χ0v) is 13.3. The number of hydrogen-bond acceptors (Lipinski definition) is 4. The summed E-state index contributed by atoms with van der Waals surface area (Å²) in [6, 6.07) is 5.38. The number of thiophene rings is 1. The Labute approximate surface area is 131 Å². The second kappa shape index (κ2) is 6.70. The molecule has 1 N–H and O–H groups in total. The van der Waals surface area contributed by atoms with E-state index in [0.29, 0.717) is 17.0 Å². The smallest absolute Gasteiger partial charge is 0.341 e. The van der Waals surface area contributed by atoms with Gasteiger partial charge >= 0.3 is 5.97 Å². The number of amides is 1. The SMILES string of the molecule is CCc1c(C)sc(NC(=O)c2cccc(F)c2)c1C(=O)OC. The monoisotopic (exact) mass is 321 g/mol. The van der Waals surface area contributed by atoms with Gasteiger partial charge in [0.2, 0.25) is 0 Å². The number of esters is 1. The number of nitrogens with one attached hydrogen (secondary N) is 1. The molecule has 0 saturated carbocycles. The minimum absolute atomic E-state index is 0.194. The second-order valence-electron chi connectivity index (χ2n) is 4.65. The van der Waals surface area contributed by atoms with E-state index in [1.165, 1.54) is 36.6 Å². The van der Waals surface area contributed by atoms with Crippen LogP contribution in [0.25, 0.3) is 0 Å². The van der Waals surface area contributed by atoms with Crippen LogP contribution in [0.1, 0.15) is 38.1 Å². The summed E-state index contributed by atoms with van der Waals surface area (Å²) in [6.45, 7) is 3.81. The number of aryl methyl sites for hydroxylation is 1. The molecule has 0 saturated heterocycles. The molecule has 0 fully saturated rings. The lowest BCUT2D eigenvalue weighted by molar-refractivity contribution is 0.0601. The highest BCUT2D eigenvalue weighted by Gasteiger charge is 2.23. The molecule has 1 aromatic heterocycles. The second-order valence-corrected chi connectivity index (χ2v) is 5.88. The van der Waals surface area contributed by atoms with Crippen molar-refractivity contribution < 1.29 is 18.7 Å². The van der Waals surface area contributed by atoms with Crippen LogP contribution in [0.4, 0.5) is 9.39 Å². The summed E-state index contributed by atoms with van der Waals surface area (Å²) in [5.41, 5.74) is 1.42. The molecule has 1 amide bonds. The van der Waals surface area contributed by atoms with Crippen molar-refractivity contribution in [2.24, 2.45) is 0 Å². The molecule has 2 rings (SSSR count). The molecule has 0 aliphatic carbocycles. The molecule has 4 nitrogen and oxygen atoms in total. The summed E-state index contributed by atoms with van der Waals surface area (Å²) in [4.78, 5) is 25.1. The van der Waals surface area contributed by atoms with E-state index in [0.717, 1.165) is 16.5 Å². The van der Waals surface area contributed by atoms with Gasteiger partial charge in [0, 0.05) is 10.4 Å². The first-order chi connectivity index (χ1) is 10.5. The lowest BCUT2D eigenvalue weighted by atomic mass is 10.1. The van der Waals surface area contributed by atoms with Crippen LogP contribution < -0.4 is 5.32 Å². The summed E-state index contributed by atoms with van der Waals surface area (Å²) in [5, 5.41) is 3.10. The number of anilines is 1. The van der Waals surface area contributed by atoms with Crippen LogP contribution in [0.15, 0.2) is 24.3 Å². The van der Waals surface area contributed by atoms with E-state index in [4.69, 9.17) is 4.74 Å². The molecule has 0 unspecified atom stereocenters. The van der Waals surface area contributed by atoms with Crippen molar-refractivity contribution in [2.45, 2.75) is 20.3 Å². The van der Waals surface area contributed by atoms with Gasteiger partial charge in [-0.25, -0.2) is 9.18 Å². The molecule has 0 aliphatic rings. The number of methoxy groups -OCH3 is 1. The van der Waals surface area contributed by atoms with E-state index in [-0.39, 0.29) is 5.56 Å². The highest BCUT2D eigenvalue weighted by atomic mass is 32.1. The summed E-state index contributed by atoms with van der Waals surface area (Å²) < 4.78 is 18.0. The van der Waals surface area contributed by atoms with Gasteiger partial charge < -0.3 is 10.1 Å². The van der Waals surface area contributed by atoms with Crippen molar-refractivity contribution in [2.75, 3.05) is 12.4 Å². The third-order valence-electron chi connectivity index (χ3n) is 3.27. The van der Waals surface area contributed by atoms with Gasteiger partial charge in [-0.05, 0) is 37.1 Å². The topological polar surface area (TPSA) is 55.4 Å². The predicted molar refractivity (Wildman–Crippen MR) is 84.1 cm³/mol. The molecule has 0 atom stereocenters. The number of halogens is 1. The average Bonchev–Trinajstić information content (AvgIpc) is 2.81. The van der Waals surface area contributed by atoms with Crippen LogP contribution in [0, 0.1) is 12.7 Å². The van der Waals surface area contributed by atoms with E-state index in [1.54, 1.807) is 0 Å². The number of rotatable bonds is 4. The van der Waals surface area contributed by atoms with Crippen LogP contribution in [0.3, 0.4) is 0 Å². The Hall–Kier alpha value is -2.21. The molecule has 116 valence electrons. The number of benzene rings is 1. The fourth-order valence-electron chi connectivity index (χ4n) is 2.22. The van der Waals surface area contributed by atoms with Crippen molar-refractivity contribution in [1.82, 2.24) is 0 Å². The summed E-state index contributed by atoms with van der Waals surface area (Å²) >= 11 is 1.31. The number of hydrogen-bond donors (Lipinski definition) is 1. The highest BCUT2D eigenvalue weighted by molar-refractivity contribution is 7.16. The maximum absolute atomic E-state index is 13.2. The maximum atomic E-state index is 13.2. The largest absolute Gasteiger partial charge is 0.465 e. The zero-order valence-electron chi connectivity index (χ0n) is 12.5. The first-order valence-corrected chi connectivity index (χ1v) is 7.57. The van der Waals surface area contributed by atoms with Crippen LogP contribution in [-0.4, -0.2) is 19.0 Å². The summed E-state index contributed by atoms with van der Waals surface area (Å²) in [6.07, 6.45) is 0.655. The number of carbonyl (C=O) groups excluding carboxylic acids is 2. The van der Waals surface area contributed by atoms with Gasteiger partial charge in [0.25, 0.3) is 5.91 Å². The van der Waals surface area contributed by atoms with Gasteiger partial charge in [-0.3, -0.25) is 4.79 Å². The van der Waals surface area contributed by atoms with Crippen molar-refractivity contribution in [3.63, 3.8) is 0 Å². The molecular weight excluding hydrogens is 305 g/mol. The maximum Gasteiger partial charge on any atom is 0.341 e. The fraction of sp³-hybridized carbons (Fsp3) is 0.250. The Kier molecular flexibility index (Phi) is 4.92. The molecule has 0 spiro atoms. The van der Waals surface area contributed by atoms with Gasteiger partial charge in [0.15, 0.2) is 0 Å². The Balaban J connectivity index is 2.37. The normalized spacial score (nSPS) is 10.4. The Morgan fingerprint density at radius 2 is 2.09 bits per heavy atom. The van der Waals surface area contributed by atoms with Gasteiger partial charge in [-0.2, -0.15) is 0 Å². The van der Waals surface area contributed by atoms with E-state index in [9.17, 15) is 14.0 Å². The standard InChI is InChI=1S/C16H16FNO3S/c1-4-12-9(2)22-15(13(12)16(20)21-3)18-14(19)10-6-5-7-11(17)8-10/h5-8H,4H2,1-3H3,(H,18,19). The Morgan fingerprint density at radius 1 is 1.36 bits per heavy atom. The first-order valence-electron chi connectivity index (χ1n) is 6.75. The van der Waals surface area contributed by atoms with Crippen LogP contribution in [0.5, 0.6) is 0 Å². The van der Waals surface area contributed by atoms with Crippen molar-refractivity contribution in [3.05, 3.63) is 51.7 Å². The number of carbonyl (C=O) groups is 2. The quantitative estimate of drug-likeness (QED) is 0.872. The zero-order chi connectivity index (χ0) is 16.3. The van der Waals surface area contributed by atoms with Crippen molar-refractivity contribution >= 4 is 28.2 Å². The van der Waals surface area contributed by atoms with Crippen LogP contribution >= 0.6 is 11.3 Å². The van der Waals surface area contributed by atoms with E-state index >= 15 is 0 Å². The van der Waals surface area contributed by atoms with Gasteiger partial charge in [0.05, 0.1) is 12.7 Å². The lowest BCUT2D eigenvalue weighted by Gasteiger charge is -2.07. The fourth-order valence-corrected chi connectivity index (χ4v) is 3.34. The third-order valence-corrected chi connectivity index (χ3v) is 4.33. The predicted octanol–water partition coefficient (Wildman–Crippen LogP) is 3.80. The van der Waals surface area contributed by atoms with Gasteiger partial charge in [-0.15, -0.1) is 11.3 Å². The average molecular weight is 321 g/mol.